The molecular weight excluding hydrogens is 192 g/mol. The average Bonchev–Trinajstić information content (AvgIpc) is 2.20. The SMILES string of the molecule is CCCCCCCCCCC(C)C(C)(C)C. The lowest BCUT2D eigenvalue weighted by Crippen LogP contribution is -2.16. The summed E-state index contributed by atoms with van der Waals surface area (Å²) in [5.41, 5.74) is 0.501. The van der Waals surface area contributed by atoms with E-state index in [0.717, 1.165) is 5.92 Å². The van der Waals surface area contributed by atoms with Gasteiger partial charge in [-0.2, -0.15) is 0 Å². The average molecular weight is 226 g/mol. The Kier molecular flexibility index (Phi) is 9.07. The van der Waals surface area contributed by atoms with Crippen molar-refractivity contribution in [1.29, 1.82) is 0 Å². The van der Waals surface area contributed by atoms with Crippen molar-refractivity contribution in [2.45, 2.75) is 92.4 Å². The molecule has 0 bridgehead atoms. The summed E-state index contributed by atoms with van der Waals surface area (Å²) in [6.45, 7) is 11.8. The minimum atomic E-state index is 0.501. The first kappa shape index (κ1) is 16.0. The van der Waals surface area contributed by atoms with E-state index >= 15 is 0 Å². The molecule has 1 atom stereocenters. The lowest BCUT2D eigenvalue weighted by atomic mass is 9.79. The molecule has 0 amide bonds. The highest BCUT2D eigenvalue weighted by Gasteiger charge is 2.18. The van der Waals surface area contributed by atoms with Gasteiger partial charge in [0.05, 0.1) is 0 Å². The van der Waals surface area contributed by atoms with Crippen LogP contribution in [0.2, 0.25) is 0 Å². The van der Waals surface area contributed by atoms with Crippen molar-refractivity contribution in [2.75, 3.05) is 0 Å². The van der Waals surface area contributed by atoms with Crippen molar-refractivity contribution < 1.29 is 0 Å². The summed E-state index contributed by atoms with van der Waals surface area (Å²) in [4.78, 5) is 0. The predicted octanol–water partition coefficient (Wildman–Crippen LogP) is 6.20. The van der Waals surface area contributed by atoms with E-state index in [1.807, 2.05) is 0 Å². The van der Waals surface area contributed by atoms with Crippen molar-refractivity contribution in [3.8, 4) is 0 Å². The molecule has 0 heterocycles. The van der Waals surface area contributed by atoms with E-state index < -0.39 is 0 Å². The lowest BCUT2D eigenvalue weighted by Gasteiger charge is -2.27. The molecule has 0 aliphatic heterocycles. The third kappa shape index (κ3) is 9.24. The summed E-state index contributed by atoms with van der Waals surface area (Å²) in [7, 11) is 0. The first-order valence-electron chi connectivity index (χ1n) is 7.48. The van der Waals surface area contributed by atoms with Crippen LogP contribution in [0.4, 0.5) is 0 Å². The van der Waals surface area contributed by atoms with Gasteiger partial charge in [-0.3, -0.25) is 0 Å². The second-order valence-electron chi connectivity index (χ2n) is 6.53. The highest BCUT2D eigenvalue weighted by atomic mass is 14.2. The Morgan fingerprint density at radius 2 is 1.19 bits per heavy atom. The standard InChI is InChI=1S/C16H34/c1-6-7-8-9-10-11-12-13-14-15(2)16(3,4)5/h15H,6-14H2,1-5H3. The third-order valence-corrected chi connectivity index (χ3v) is 3.97. The molecule has 0 aromatic heterocycles. The first-order chi connectivity index (χ1) is 7.48. The molecule has 0 saturated heterocycles. The first-order valence-corrected chi connectivity index (χ1v) is 7.48. The van der Waals surface area contributed by atoms with Crippen molar-refractivity contribution in [3.63, 3.8) is 0 Å². The van der Waals surface area contributed by atoms with Gasteiger partial charge in [0.25, 0.3) is 0 Å². The second kappa shape index (κ2) is 9.07. The molecule has 0 heteroatoms. The zero-order valence-corrected chi connectivity index (χ0v) is 12.4. The van der Waals surface area contributed by atoms with Crippen LogP contribution < -0.4 is 0 Å². The lowest BCUT2D eigenvalue weighted by molar-refractivity contribution is 0.240. The topological polar surface area (TPSA) is 0 Å². The molecule has 0 spiro atoms. The summed E-state index contributed by atoms with van der Waals surface area (Å²) >= 11 is 0. The van der Waals surface area contributed by atoms with Gasteiger partial charge in [-0.25, -0.2) is 0 Å². The van der Waals surface area contributed by atoms with Crippen molar-refractivity contribution in [1.82, 2.24) is 0 Å². The van der Waals surface area contributed by atoms with E-state index in [1.54, 1.807) is 0 Å². The number of rotatable bonds is 9. The Balaban J connectivity index is 3.21. The van der Waals surface area contributed by atoms with Crippen LogP contribution >= 0.6 is 0 Å². The summed E-state index contributed by atoms with van der Waals surface area (Å²) in [6, 6.07) is 0. The third-order valence-electron chi connectivity index (χ3n) is 3.97. The van der Waals surface area contributed by atoms with Crippen LogP contribution in [-0.2, 0) is 0 Å². The van der Waals surface area contributed by atoms with Gasteiger partial charge in [0, 0.05) is 0 Å². The molecular formula is C16H34. The molecule has 0 fully saturated rings. The molecule has 0 rings (SSSR count). The summed E-state index contributed by atoms with van der Waals surface area (Å²) in [6.07, 6.45) is 12.9. The van der Waals surface area contributed by atoms with E-state index in [9.17, 15) is 0 Å². The highest BCUT2D eigenvalue weighted by Crippen LogP contribution is 2.29. The number of hydrogen-bond donors (Lipinski definition) is 0. The fourth-order valence-electron chi connectivity index (χ4n) is 2.02. The van der Waals surface area contributed by atoms with Gasteiger partial charge in [-0.15, -0.1) is 0 Å². The Bertz CT molecular complexity index is 141. The zero-order valence-electron chi connectivity index (χ0n) is 12.4. The molecule has 0 aliphatic carbocycles. The van der Waals surface area contributed by atoms with Crippen molar-refractivity contribution in [3.05, 3.63) is 0 Å². The molecule has 0 saturated carbocycles. The van der Waals surface area contributed by atoms with Gasteiger partial charge in [0.15, 0.2) is 0 Å². The van der Waals surface area contributed by atoms with Crippen LogP contribution in [0.25, 0.3) is 0 Å². The maximum absolute atomic E-state index is 2.40. The molecule has 1 unspecified atom stereocenters. The van der Waals surface area contributed by atoms with Crippen molar-refractivity contribution >= 4 is 0 Å². The summed E-state index contributed by atoms with van der Waals surface area (Å²) < 4.78 is 0. The fraction of sp³-hybridized carbons (Fsp3) is 1.00. The monoisotopic (exact) mass is 226 g/mol. The molecule has 0 aromatic rings. The Morgan fingerprint density at radius 1 is 0.750 bits per heavy atom. The zero-order chi connectivity index (χ0) is 12.4. The van der Waals surface area contributed by atoms with E-state index in [1.165, 1.54) is 57.8 Å². The van der Waals surface area contributed by atoms with Crippen LogP contribution in [0, 0.1) is 11.3 Å². The fourth-order valence-corrected chi connectivity index (χ4v) is 2.02. The maximum atomic E-state index is 2.40. The largest absolute Gasteiger partial charge is 0.0654 e. The van der Waals surface area contributed by atoms with Crippen LogP contribution in [-0.4, -0.2) is 0 Å². The Hall–Kier alpha value is 0. The smallest absolute Gasteiger partial charge is 0.0357 e. The van der Waals surface area contributed by atoms with Crippen molar-refractivity contribution in [2.24, 2.45) is 11.3 Å². The second-order valence-corrected chi connectivity index (χ2v) is 6.53. The molecule has 0 N–H and O–H groups in total. The van der Waals surface area contributed by atoms with Gasteiger partial charge >= 0.3 is 0 Å². The molecule has 0 radical (unpaired) electrons. The molecule has 0 nitrogen and oxygen atoms in total. The maximum Gasteiger partial charge on any atom is -0.0357 e. The van der Waals surface area contributed by atoms with Crippen LogP contribution in [0.15, 0.2) is 0 Å². The van der Waals surface area contributed by atoms with Crippen LogP contribution in [0.3, 0.4) is 0 Å². The van der Waals surface area contributed by atoms with E-state index in [4.69, 9.17) is 0 Å². The molecule has 98 valence electrons. The summed E-state index contributed by atoms with van der Waals surface area (Å²) in [5, 5.41) is 0. The highest BCUT2D eigenvalue weighted by molar-refractivity contribution is 4.69. The van der Waals surface area contributed by atoms with E-state index in [0.29, 0.717) is 5.41 Å². The number of unbranched alkanes of at least 4 members (excludes halogenated alkanes) is 7. The normalized spacial score (nSPS) is 14.1. The van der Waals surface area contributed by atoms with Gasteiger partial charge in [-0.1, -0.05) is 92.4 Å². The van der Waals surface area contributed by atoms with Gasteiger partial charge < -0.3 is 0 Å². The molecule has 0 aromatic carbocycles. The van der Waals surface area contributed by atoms with Crippen LogP contribution in [0.1, 0.15) is 92.4 Å². The Labute approximate surface area is 104 Å². The minimum absolute atomic E-state index is 0.501. The predicted molar refractivity (Wildman–Crippen MR) is 75.8 cm³/mol. The van der Waals surface area contributed by atoms with Gasteiger partial charge in [0.2, 0.25) is 0 Å². The molecule has 0 aliphatic rings. The van der Waals surface area contributed by atoms with E-state index in [-0.39, 0.29) is 0 Å². The number of hydrogen-bond acceptors (Lipinski definition) is 0. The Morgan fingerprint density at radius 3 is 1.62 bits per heavy atom. The van der Waals surface area contributed by atoms with E-state index in [2.05, 4.69) is 34.6 Å². The quantitative estimate of drug-likeness (QED) is 0.411. The minimum Gasteiger partial charge on any atom is -0.0654 e. The summed E-state index contributed by atoms with van der Waals surface area (Å²) in [5.74, 6) is 0.868. The van der Waals surface area contributed by atoms with Gasteiger partial charge in [0.1, 0.15) is 0 Å². The van der Waals surface area contributed by atoms with Gasteiger partial charge in [-0.05, 0) is 11.3 Å². The molecule has 16 heavy (non-hydrogen) atoms. The van der Waals surface area contributed by atoms with Crippen LogP contribution in [0.5, 0.6) is 0 Å².